The van der Waals surface area contributed by atoms with E-state index in [1.54, 1.807) is 11.9 Å². The second-order valence-electron chi connectivity index (χ2n) is 6.72. The first-order valence-electron chi connectivity index (χ1n) is 8.04. The molecule has 0 fully saturated rings. The van der Waals surface area contributed by atoms with Crippen molar-refractivity contribution in [1.82, 2.24) is 4.90 Å². The van der Waals surface area contributed by atoms with Crippen molar-refractivity contribution in [1.29, 1.82) is 0 Å². The van der Waals surface area contributed by atoms with Crippen LogP contribution in [0, 0.1) is 0 Å². The molecule has 0 saturated heterocycles. The Morgan fingerprint density at radius 3 is 1.88 bits per heavy atom. The van der Waals surface area contributed by atoms with Crippen molar-refractivity contribution in [3.8, 4) is 0 Å². The number of amides is 1. The van der Waals surface area contributed by atoms with Gasteiger partial charge in [0.25, 0.3) is 8.32 Å². The van der Waals surface area contributed by atoms with Gasteiger partial charge in [0.05, 0.1) is 0 Å². The third-order valence-corrected chi connectivity index (χ3v) is 9.00. The minimum Gasteiger partial charge on any atom is -0.423 e. The Bertz CT molecular complexity index is 659. The number of nitrogens with zero attached hydrogens (tertiary/aromatic N) is 1. The van der Waals surface area contributed by atoms with Gasteiger partial charge in [-0.2, -0.15) is 0 Å². The second-order valence-corrected chi connectivity index (χ2v) is 10.7. The van der Waals surface area contributed by atoms with Crippen molar-refractivity contribution in [3.05, 3.63) is 73.3 Å². The first-order chi connectivity index (χ1) is 11.3. The summed E-state index contributed by atoms with van der Waals surface area (Å²) in [5, 5.41) is 1.41. The molecular weight excluding hydrogens is 314 g/mol. The minimum atomic E-state index is -3.08. The highest BCUT2D eigenvalue weighted by Crippen LogP contribution is 2.35. The summed E-state index contributed by atoms with van der Waals surface area (Å²) in [6.45, 7) is 8.06. The van der Waals surface area contributed by atoms with Gasteiger partial charge in [0.2, 0.25) is 5.91 Å². The number of benzene rings is 2. The highest BCUT2D eigenvalue weighted by atomic mass is 28.4. The van der Waals surface area contributed by atoms with Crippen molar-refractivity contribution in [2.45, 2.75) is 18.9 Å². The first kappa shape index (κ1) is 18.2. The zero-order valence-corrected chi connectivity index (χ0v) is 15.6. The van der Waals surface area contributed by atoms with Crippen LogP contribution in [0.3, 0.4) is 0 Å². The van der Waals surface area contributed by atoms with Crippen molar-refractivity contribution in [3.63, 3.8) is 0 Å². The number of likely N-dealkylation sites (N-methyl/N-ethyl adjacent to an activating group) is 1. The summed E-state index contributed by atoms with van der Waals surface area (Å²) in [5.74, 6) is -0.138. The molecule has 0 atom stereocenters. The van der Waals surface area contributed by atoms with Crippen LogP contribution in [0.4, 0.5) is 0 Å². The summed E-state index contributed by atoms with van der Waals surface area (Å²) >= 11 is 0. The van der Waals surface area contributed by atoms with Crippen LogP contribution in [-0.4, -0.2) is 37.5 Å². The van der Waals surface area contributed by atoms with E-state index in [1.807, 2.05) is 74.5 Å². The van der Waals surface area contributed by atoms with Crippen LogP contribution in [-0.2, 0) is 4.79 Å². The SMILES string of the molecule is C=CC(=O)N(C)CC(C)(C)[Si](O)(c1ccccc1)c1ccccc1. The molecule has 2 aromatic rings. The topological polar surface area (TPSA) is 40.5 Å². The minimum absolute atomic E-state index is 0.138. The molecule has 0 aliphatic carbocycles. The first-order valence-corrected chi connectivity index (χ1v) is 9.98. The van der Waals surface area contributed by atoms with Gasteiger partial charge in [0, 0.05) is 18.6 Å². The fraction of sp³-hybridized carbons (Fsp3) is 0.250. The van der Waals surface area contributed by atoms with Crippen LogP contribution >= 0.6 is 0 Å². The summed E-state index contributed by atoms with van der Waals surface area (Å²) in [6, 6.07) is 19.6. The average Bonchev–Trinajstić information content (AvgIpc) is 2.61. The quantitative estimate of drug-likeness (QED) is 0.647. The number of rotatable bonds is 6. The lowest BCUT2D eigenvalue weighted by Gasteiger charge is -2.43. The van der Waals surface area contributed by atoms with Gasteiger partial charge in [-0.15, -0.1) is 0 Å². The van der Waals surface area contributed by atoms with Gasteiger partial charge in [0.15, 0.2) is 0 Å². The normalized spacial score (nSPS) is 11.8. The molecule has 126 valence electrons. The molecule has 0 radical (unpaired) electrons. The van der Waals surface area contributed by atoms with E-state index in [2.05, 4.69) is 6.58 Å². The summed E-state index contributed by atoms with van der Waals surface area (Å²) in [4.78, 5) is 25.5. The lowest BCUT2D eigenvalue weighted by atomic mass is 10.2. The second kappa shape index (κ2) is 7.15. The highest BCUT2D eigenvalue weighted by molar-refractivity contribution is 6.98. The van der Waals surface area contributed by atoms with Crippen molar-refractivity contribution in [2.75, 3.05) is 13.6 Å². The molecule has 24 heavy (non-hydrogen) atoms. The largest absolute Gasteiger partial charge is 0.423 e. The van der Waals surface area contributed by atoms with E-state index in [4.69, 9.17) is 0 Å². The van der Waals surface area contributed by atoms with Gasteiger partial charge in [-0.1, -0.05) is 81.1 Å². The van der Waals surface area contributed by atoms with Gasteiger partial charge in [-0.05, 0) is 16.4 Å². The Kier molecular flexibility index (Phi) is 5.42. The molecule has 1 amide bonds. The molecule has 0 heterocycles. The summed E-state index contributed by atoms with van der Waals surface area (Å²) in [5.41, 5.74) is 0. The van der Waals surface area contributed by atoms with Crippen LogP contribution < -0.4 is 10.4 Å². The van der Waals surface area contributed by atoms with Gasteiger partial charge in [0.1, 0.15) is 0 Å². The van der Waals surface area contributed by atoms with Gasteiger partial charge >= 0.3 is 0 Å². The Balaban J connectivity index is 2.54. The van der Waals surface area contributed by atoms with E-state index in [0.29, 0.717) is 6.54 Å². The maximum atomic E-state index is 12.0. The van der Waals surface area contributed by atoms with Crippen LogP contribution in [0.5, 0.6) is 0 Å². The zero-order valence-electron chi connectivity index (χ0n) is 14.6. The number of carbonyl (C=O) groups is 1. The molecule has 0 unspecified atom stereocenters. The molecule has 0 aliphatic rings. The number of hydrogen-bond acceptors (Lipinski definition) is 2. The monoisotopic (exact) mass is 339 g/mol. The predicted octanol–water partition coefficient (Wildman–Crippen LogP) is 2.16. The molecular formula is C20H25NO2Si. The molecule has 0 saturated carbocycles. The standard InChI is InChI=1S/C20H25NO2Si/c1-5-19(22)21(4)16-20(2,3)24(23,17-12-8-6-9-13-17)18-14-10-7-11-15-18/h5-15,23H,1,16H2,2-4H3. The maximum Gasteiger partial charge on any atom is 0.260 e. The molecule has 0 aliphatic heterocycles. The Morgan fingerprint density at radius 2 is 1.50 bits per heavy atom. The number of hydrogen-bond donors (Lipinski definition) is 1. The van der Waals surface area contributed by atoms with Crippen LogP contribution in [0.25, 0.3) is 0 Å². The maximum absolute atomic E-state index is 12.0. The van der Waals surface area contributed by atoms with E-state index < -0.39 is 13.4 Å². The Hall–Kier alpha value is -2.17. The molecule has 2 rings (SSSR count). The zero-order chi connectivity index (χ0) is 17.8. The fourth-order valence-electron chi connectivity index (χ4n) is 3.25. The van der Waals surface area contributed by atoms with Gasteiger partial charge < -0.3 is 9.70 Å². The van der Waals surface area contributed by atoms with Crippen molar-refractivity contribution < 1.29 is 9.59 Å². The lowest BCUT2D eigenvalue weighted by Crippen LogP contribution is -2.67. The van der Waals surface area contributed by atoms with Gasteiger partial charge in [-0.3, -0.25) is 4.79 Å². The summed E-state index contributed by atoms with van der Waals surface area (Å²) < 4.78 is 0. The van der Waals surface area contributed by atoms with Crippen LogP contribution in [0.2, 0.25) is 5.04 Å². The van der Waals surface area contributed by atoms with E-state index in [-0.39, 0.29) is 5.91 Å². The predicted molar refractivity (Wildman–Crippen MR) is 102 cm³/mol. The van der Waals surface area contributed by atoms with Crippen molar-refractivity contribution in [2.24, 2.45) is 0 Å². The molecule has 0 bridgehead atoms. The molecule has 2 aromatic carbocycles. The molecule has 3 nitrogen and oxygen atoms in total. The van der Waals surface area contributed by atoms with E-state index in [9.17, 15) is 9.59 Å². The van der Waals surface area contributed by atoms with Gasteiger partial charge in [-0.25, -0.2) is 0 Å². The fourth-order valence-corrected chi connectivity index (χ4v) is 6.96. The van der Waals surface area contributed by atoms with E-state index in [0.717, 1.165) is 10.4 Å². The van der Waals surface area contributed by atoms with E-state index in [1.165, 1.54) is 6.08 Å². The van der Waals surface area contributed by atoms with Crippen LogP contribution in [0.15, 0.2) is 73.3 Å². The Morgan fingerprint density at radius 1 is 1.08 bits per heavy atom. The summed E-state index contributed by atoms with van der Waals surface area (Å²) in [6.07, 6.45) is 1.31. The smallest absolute Gasteiger partial charge is 0.260 e. The molecule has 4 heteroatoms. The highest BCUT2D eigenvalue weighted by Gasteiger charge is 2.50. The molecule has 0 aromatic heterocycles. The lowest BCUT2D eigenvalue weighted by molar-refractivity contribution is -0.125. The molecule has 1 N–H and O–H groups in total. The average molecular weight is 340 g/mol. The third kappa shape index (κ3) is 3.35. The molecule has 0 spiro atoms. The summed E-state index contributed by atoms with van der Waals surface area (Å²) in [7, 11) is -1.33. The van der Waals surface area contributed by atoms with E-state index >= 15 is 0 Å². The third-order valence-electron chi connectivity index (χ3n) is 4.55. The van der Waals surface area contributed by atoms with Crippen molar-refractivity contribution >= 4 is 24.6 Å². The van der Waals surface area contributed by atoms with Crippen LogP contribution in [0.1, 0.15) is 13.8 Å². The Labute approximate surface area is 145 Å². The number of carbonyl (C=O) groups excluding carboxylic acids is 1.